The zero-order chi connectivity index (χ0) is 20.9. The third-order valence-corrected chi connectivity index (χ3v) is 5.78. The van der Waals surface area contributed by atoms with Crippen molar-refractivity contribution in [2.45, 2.75) is 6.61 Å². The van der Waals surface area contributed by atoms with E-state index in [1.54, 1.807) is 36.8 Å². The Morgan fingerprint density at radius 3 is 2.73 bits per heavy atom. The summed E-state index contributed by atoms with van der Waals surface area (Å²) in [6.07, 6.45) is 1.70. The van der Waals surface area contributed by atoms with E-state index in [9.17, 15) is 0 Å². The first-order valence-electron chi connectivity index (χ1n) is 9.02. The molecule has 30 heavy (non-hydrogen) atoms. The van der Waals surface area contributed by atoms with Gasteiger partial charge in [0.15, 0.2) is 11.5 Å². The topological polar surface area (TPSA) is 55.7 Å². The molecule has 3 aromatic carbocycles. The Labute approximate surface area is 187 Å². The number of fused-ring (bicyclic) bond motifs is 1. The van der Waals surface area contributed by atoms with Gasteiger partial charge in [0, 0.05) is 15.6 Å². The first-order valence-corrected chi connectivity index (χ1v) is 10.6. The molecule has 152 valence electrons. The van der Waals surface area contributed by atoms with E-state index >= 15 is 0 Å². The van der Waals surface area contributed by atoms with Crippen LogP contribution in [0.1, 0.15) is 11.1 Å². The van der Waals surface area contributed by atoms with Crippen LogP contribution in [0.25, 0.3) is 10.2 Å². The standard InChI is InChI=1S/C22H17Cl2N3O2S/c1-28-20-10-14(12-25-27-22-26-18-4-2-3-5-21(18)30-22)6-9-19(20)29-13-15-7-8-16(23)11-17(15)24/h2-12H,13H2,1H3,(H,26,27). The van der Waals surface area contributed by atoms with Gasteiger partial charge in [-0.3, -0.25) is 5.43 Å². The zero-order valence-corrected chi connectivity index (χ0v) is 18.3. The first-order chi connectivity index (χ1) is 14.6. The van der Waals surface area contributed by atoms with Gasteiger partial charge >= 0.3 is 0 Å². The highest BCUT2D eigenvalue weighted by atomic mass is 35.5. The molecule has 0 amide bonds. The molecule has 0 radical (unpaired) electrons. The number of rotatable bonds is 7. The minimum absolute atomic E-state index is 0.305. The average molecular weight is 458 g/mol. The summed E-state index contributed by atoms with van der Waals surface area (Å²) in [5, 5.41) is 6.16. The van der Waals surface area contributed by atoms with Crippen molar-refractivity contribution in [1.29, 1.82) is 0 Å². The molecule has 0 unspecified atom stereocenters. The van der Waals surface area contributed by atoms with Crippen LogP contribution in [0.5, 0.6) is 11.5 Å². The van der Waals surface area contributed by atoms with Gasteiger partial charge in [-0.1, -0.05) is 52.7 Å². The third-order valence-electron chi connectivity index (χ3n) is 4.25. The molecule has 0 aliphatic carbocycles. The smallest absolute Gasteiger partial charge is 0.204 e. The molecule has 1 aromatic heterocycles. The number of halogens is 2. The minimum atomic E-state index is 0.305. The zero-order valence-electron chi connectivity index (χ0n) is 15.9. The molecular weight excluding hydrogens is 441 g/mol. The molecule has 4 aromatic rings. The maximum absolute atomic E-state index is 6.20. The number of hydrazone groups is 1. The number of hydrogen-bond donors (Lipinski definition) is 1. The molecule has 5 nitrogen and oxygen atoms in total. The van der Waals surface area contributed by atoms with Crippen LogP contribution in [0.15, 0.2) is 65.8 Å². The number of hydrogen-bond acceptors (Lipinski definition) is 6. The second-order valence-corrected chi connectivity index (χ2v) is 8.17. The van der Waals surface area contributed by atoms with Gasteiger partial charge in [0.2, 0.25) is 5.13 Å². The molecular formula is C22H17Cl2N3O2S. The Kier molecular flexibility index (Phi) is 6.38. The number of thiazole rings is 1. The van der Waals surface area contributed by atoms with Crippen molar-refractivity contribution in [3.8, 4) is 11.5 Å². The van der Waals surface area contributed by atoms with Gasteiger partial charge in [0.05, 0.1) is 23.5 Å². The van der Waals surface area contributed by atoms with Crippen LogP contribution >= 0.6 is 34.5 Å². The van der Waals surface area contributed by atoms with E-state index in [2.05, 4.69) is 15.5 Å². The normalized spacial score (nSPS) is 11.2. The van der Waals surface area contributed by atoms with Gasteiger partial charge in [0.1, 0.15) is 6.61 Å². The lowest BCUT2D eigenvalue weighted by Crippen LogP contribution is -1.99. The fourth-order valence-electron chi connectivity index (χ4n) is 2.76. The number of methoxy groups -OCH3 is 1. The summed E-state index contributed by atoms with van der Waals surface area (Å²) in [6.45, 7) is 0.305. The van der Waals surface area contributed by atoms with Crippen LogP contribution in [0.4, 0.5) is 5.13 Å². The minimum Gasteiger partial charge on any atom is -0.493 e. The number of anilines is 1. The number of ether oxygens (including phenoxy) is 2. The molecule has 0 saturated heterocycles. The van der Waals surface area contributed by atoms with Crippen molar-refractivity contribution in [2.75, 3.05) is 12.5 Å². The predicted molar refractivity (Wildman–Crippen MR) is 125 cm³/mol. The molecule has 0 spiro atoms. The first kappa shape index (κ1) is 20.5. The summed E-state index contributed by atoms with van der Waals surface area (Å²) >= 11 is 13.7. The van der Waals surface area contributed by atoms with Crippen LogP contribution in [0.2, 0.25) is 10.0 Å². The Balaban J connectivity index is 1.42. The van der Waals surface area contributed by atoms with Crippen molar-refractivity contribution in [3.05, 3.63) is 81.8 Å². The summed E-state index contributed by atoms with van der Waals surface area (Å²) in [7, 11) is 1.59. The molecule has 1 heterocycles. The van der Waals surface area contributed by atoms with Gasteiger partial charge < -0.3 is 9.47 Å². The number of nitrogens with zero attached hydrogens (tertiary/aromatic N) is 2. The van der Waals surface area contributed by atoms with Crippen molar-refractivity contribution in [2.24, 2.45) is 5.10 Å². The maximum Gasteiger partial charge on any atom is 0.204 e. The van der Waals surface area contributed by atoms with E-state index in [1.165, 1.54) is 0 Å². The Morgan fingerprint density at radius 1 is 1.07 bits per heavy atom. The maximum atomic E-state index is 6.20. The third kappa shape index (κ3) is 4.84. The summed E-state index contributed by atoms with van der Waals surface area (Å²) < 4.78 is 12.4. The van der Waals surface area contributed by atoms with E-state index in [-0.39, 0.29) is 0 Å². The van der Waals surface area contributed by atoms with Crippen LogP contribution in [-0.2, 0) is 6.61 Å². The lowest BCUT2D eigenvalue weighted by molar-refractivity contribution is 0.284. The molecule has 0 bridgehead atoms. The van der Waals surface area contributed by atoms with Crippen molar-refractivity contribution < 1.29 is 9.47 Å². The molecule has 1 N–H and O–H groups in total. The molecule has 0 aliphatic rings. The Morgan fingerprint density at radius 2 is 1.93 bits per heavy atom. The highest BCUT2D eigenvalue weighted by Crippen LogP contribution is 2.30. The highest BCUT2D eigenvalue weighted by molar-refractivity contribution is 7.22. The van der Waals surface area contributed by atoms with E-state index in [0.29, 0.717) is 28.2 Å². The van der Waals surface area contributed by atoms with E-state index in [0.717, 1.165) is 26.5 Å². The van der Waals surface area contributed by atoms with Crippen LogP contribution < -0.4 is 14.9 Å². The van der Waals surface area contributed by atoms with Crippen LogP contribution in [0.3, 0.4) is 0 Å². The molecule has 0 aliphatic heterocycles. The monoisotopic (exact) mass is 457 g/mol. The average Bonchev–Trinajstić information content (AvgIpc) is 3.16. The van der Waals surface area contributed by atoms with E-state index in [4.69, 9.17) is 32.7 Å². The quantitative estimate of drug-likeness (QED) is 0.249. The molecule has 0 atom stereocenters. The molecule has 0 saturated carbocycles. The fraction of sp³-hybridized carbons (Fsp3) is 0.0909. The summed E-state index contributed by atoms with van der Waals surface area (Å²) in [5.74, 6) is 1.21. The number of para-hydroxylation sites is 1. The fourth-order valence-corrected chi connectivity index (χ4v) is 4.04. The van der Waals surface area contributed by atoms with Gasteiger partial charge in [-0.15, -0.1) is 0 Å². The molecule has 8 heteroatoms. The lowest BCUT2D eigenvalue weighted by atomic mass is 10.2. The molecule has 4 rings (SSSR count). The van der Waals surface area contributed by atoms with Gasteiger partial charge in [0.25, 0.3) is 0 Å². The number of nitrogens with one attached hydrogen (secondary N) is 1. The summed E-state index contributed by atoms with van der Waals surface area (Å²) in [4.78, 5) is 4.49. The van der Waals surface area contributed by atoms with Crippen LogP contribution in [-0.4, -0.2) is 18.3 Å². The number of aromatic nitrogens is 1. The van der Waals surface area contributed by atoms with Gasteiger partial charge in [-0.25, -0.2) is 4.98 Å². The largest absolute Gasteiger partial charge is 0.493 e. The van der Waals surface area contributed by atoms with E-state index < -0.39 is 0 Å². The van der Waals surface area contributed by atoms with Crippen molar-refractivity contribution >= 4 is 56.1 Å². The number of benzene rings is 3. The lowest BCUT2D eigenvalue weighted by Gasteiger charge is -2.12. The second kappa shape index (κ2) is 9.34. The Bertz CT molecular complexity index is 1180. The summed E-state index contributed by atoms with van der Waals surface area (Å²) in [6, 6.07) is 18.8. The predicted octanol–water partition coefficient (Wildman–Crippen LogP) is 6.64. The van der Waals surface area contributed by atoms with Gasteiger partial charge in [-0.2, -0.15) is 5.10 Å². The molecule has 0 fully saturated rings. The second-order valence-electron chi connectivity index (χ2n) is 6.29. The van der Waals surface area contributed by atoms with Gasteiger partial charge in [-0.05, 0) is 48.0 Å². The van der Waals surface area contributed by atoms with Crippen molar-refractivity contribution in [1.82, 2.24) is 4.98 Å². The van der Waals surface area contributed by atoms with Crippen LogP contribution in [0, 0.1) is 0 Å². The summed E-state index contributed by atoms with van der Waals surface area (Å²) in [5.41, 5.74) is 5.62. The SMILES string of the molecule is COc1cc(C=NNc2nc3ccccc3s2)ccc1OCc1ccc(Cl)cc1Cl. The van der Waals surface area contributed by atoms with Crippen molar-refractivity contribution in [3.63, 3.8) is 0 Å². The van der Waals surface area contributed by atoms with E-state index in [1.807, 2.05) is 48.5 Å². The Hall–Kier alpha value is -2.80. The highest BCUT2D eigenvalue weighted by Gasteiger charge is 2.08.